The zero-order valence-corrected chi connectivity index (χ0v) is 15.7. The average molecular weight is 373 g/mol. The molecule has 6 nitrogen and oxygen atoms in total. The van der Waals surface area contributed by atoms with Crippen LogP contribution in [0.3, 0.4) is 0 Å². The second-order valence-corrected chi connectivity index (χ2v) is 8.50. The van der Waals surface area contributed by atoms with E-state index in [4.69, 9.17) is 0 Å². The highest BCUT2D eigenvalue weighted by Gasteiger charge is 2.29. The molecule has 1 heterocycles. The van der Waals surface area contributed by atoms with Gasteiger partial charge in [-0.3, -0.25) is 9.10 Å². The van der Waals surface area contributed by atoms with Crippen molar-refractivity contribution in [2.45, 2.75) is 11.8 Å². The Morgan fingerprint density at radius 3 is 2.46 bits per heavy atom. The second kappa shape index (κ2) is 7.47. The Bertz CT molecular complexity index is 880. The normalized spacial score (nSPS) is 15.8. The molecule has 0 saturated carbocycles. The van der Waals surface area contributed by atoms with Gasteiger partial charge in [0.05, 0.1) is 10.6 Å². The van der Waals surface area contributed by atoms with Crippen molar-refractivity contribution in [1.82, 2.24) is 5.32 Å². The highest BCUT2D eigenvalue weighted by atomic mass is 32.2. The predicted octanol–water partition coefficient (Wildman–Crippen LogP) is 2.31. The number of carbonyl (C=O) groups is 1. The van der Waals surface area contributed by atoms with E-state index in [0.29, 0.717) is 17.3 Å². The van der Waals surface area contributed by atoms with Crippen LogP contribution in [0.1, 0.15) is 6.92 Å². The Labute approximate surface area is 154 Å². The van der Waals surface area contributed by atoms with Gasteiger partial charge >= 0.3 is 0 Å². The lowest BCUT2D eigenvalue weighted by Gasteiger charge is -2.31. The fourth-order valence-corrected chi connectivity index (χ4v) is 4.05. The van der Waals surface area contributed by atoms with Crippen molar-refractivity contribution < 1.29 is 13.2 Å². The van der Waals surface area contributed by atoms with Gasteiger partial charge in [-0.2, -0.15) is 0 Å². The number of hydrogen-bond donors (Lipinski definition) is 2. The number of sulfonamides is 1. The van der Waals surface area contributed by atoms with Crippen molar-refractivity contribution in [3.63, 3.8) is 0 Å². The van der Waals surface area contributed by atoms with Crippen LogP contribution in [0.4, 0.5) is 11.4 Å². The van der Waals surface area contributed by atoms with Crippen LogP contribution in [0.25, 0.3) is 0 Å². The summed E-state index contributed by atoms with van der Waals surface area (Å²) in [4.78, 5) is 12.5. The Hall–Kier alpha value is -2.38. The van der Waals surface area contributed by atoms with Gasteiger partial charge in [0, 0.05) is 18.7 Å². The maximum Gasteiger partial charge on any atom is 0.264 e. The largest absolute Gasteiger partial charge is 0.326 e. The number of rotatable bonds is 6. The maximum atomic E-state index is 12.9. The van der Waals surface area contributed by atoms with Crippen molar-refractivity contribution in [2.24, 2.45) is 11.8 Å². The van der Waals surface area contributed by atoms with Gasteiger partial charge in [-0.1, -0.05) is 31.2 Å². The summed E-state index contributed by atoms with van der Waals surface area (Å²) in [5.74, 6) is 0.108. The predicted molar refractivity (Wildman–Crippen MR) is 103 cm³/mol. The van der Waals surface area contributed by atoms with E-state index in [9.17, 15) is 13.2 Å². The van der Waals surface area contributed by atoms with Crippen LogP contribution >= 0.6 is 0 Å². The number of para-hydroxylation sites is 1. The maximum absolute atomic E-state index is 12.9. The van der Waals surface area contributed by atoms with E-state index in [-0.39, 0.29) is 16.7 Å². The number of nitrogens with zero attached hydrogens (tertiary/aromatic N) is 1. The Kier molecular flexibility index (Phi) is 5.29. The SMILES string of the molecule is CC(C(=O)Nc1cccc(S(=O)(=O)N(C)c2ccccc2)c1)C1CNC1. The molecule has 0 radical (unpaired) electrons. The number of nitrogens with one attached hydrogen (secondary N) is 2. The lowest BCUT2D eigenvalue weighted by molar-refractivity contribution is -0.121. The van der Waals surface area contributed by atoms with Crippen LogP contribution in [0.5, 0.6) is 0 Å². The van der Waals surface area contributed by atoms with E-state index in [1.165, 1.54) is 23.5 Å². The summed E-state index contributed by atoms with van der Waals surface area (Å²) in [5.41, 5.74) is 1.06. The van der Waals surface area contributed by atoms with Gasteiger partial charge < -0.3 is 10.6 Å². The Balaban J connectivity index is 1.78. The highest BCUT2D eigenvalue weighted by molar-refractivity contribution is 7.92. The minimum Gasteiger partial charge on any atom is -0.326 e. The van der Waals surface area contributed by atoms with Gasteiger partial charge in [-0.15, -0.1) is 0 Å². The summed E-state index contributed by atoms with van der Waals surface area (Å²) in [7, 11) is -2.19. The number of anilines is 2. The summed E-state index contributed by atoms with van der Waals surface area (Å²) in [6, 6.07) is 15.2. The molecule has 1 aliphatic heterocycles. The first-order valence-corrected chi connectivity index (χ1v) is 9.99. The Morgan fingerprint density at radius 2 is 1.85 bits per heavy atom. The molecule has 1 saturated heterocycles. The number of carbonyl (C=O) groups excluding carboxylic acids is 1. The zero-order chi connectivity index (χ0) is 18.7. The fourth-order valence-electron chi connectivity index (χ4n) is 2.80. The summed E-state index contributed by atoms with van der Waals surface area (Å²) in [5, 5.41) is 5.99. The van der Waals surface area contributed by atoms with Gasteiger partial charge in [0.1, 0.15) is 0 Å². The molecule has 0 bridgehead atoms. The molecule has 2 N–H and O–H groups in total. The first-order chi connectivity index (χ1) is 12.4. The van der Waals surface area contributed by atoms with Crippen molar-refractivity contribution in [3.8, 4) is 0 Å². The molecular formula is C19H23N3O3S. The quantitative estimate of drug-likeness (QED) is 0.814. The first-order valence-electron chi connectivity index (χ1n) is 8.55. The lowest BCUT2D eigenvalue weighted by Crippen LogP contribution is -2.48. The molecule has 2 aromatic carbocycles. The lowest BCUT2D eigenvalue weighted by atomic mass is 9.88. The van der Waals surface area contributed by atoms with Crippen LogP contribution in [0.15, 0.2) is 59.5 Å². The van der Waals surface area contributed by atoms with Crippen molar-refractivity contribution >= 4 is 27.3 Å². The number of benzene rings is 2. The Morgan fingerprint density at radius 1 is 1.15 bits per heavy atom. The minimum absolute atomic E-state index is 0.0949. The third kappa shape index (κ3) is 3.73. The third-order valence-corrected chi connectivity index (χ3v) is 6.60. The molecule has 3 rings (SSSR count). The van der Waals surface area contributed by atoms with Crippen LogP contribution in [0, 0.1) is 11.8 Å². The van der Waals surface area contributed by atoms with E-state index in [2.05, 4.69) is 10.6 Å². The standard InChI is InChI=1S/C19H23N3O3S/c1-14(15-12-20-13-15)19(23)21-16-7-6-10-18(11-16)26(24,25)22(2)17-8-4-3-5-9-17/h3-11,14-15,20H,12-13H2,1-2H3,(H,21,23). The average Bonchev–Trinajstić information content (AvgIpc) is 2.60. The van der Waals surface area contributed by atoms with E-state index in [0.717, 1.165) is 13.1 Å². The number of amides is 1. The molecule has 26 heavy (non-hydrogen) atoms. The summed E-state index contributed by atoms with van der Waals surface area (Å²) < 4.78 is 27.0. The van der Waals surface area contributed by atoms with Crippen molar-refractivity contribution in [2.75, 3.05) is 29.8 Å². The van der Waals surface area contributed by atoms with Gasteiger partial charge in [-0.05, 0) is 49.3 Å². The highest BCUT2D eigenvalue weighted by Crippen LogP contribution is 2.24. The molecule has 1 aliphatic rings. The van der Waals surface area contributed by atoms with Gasteiger partial charge in [0.2, 0.25) is 5.91 Å². The molecule has 1 amide bonds. The van der Waals surface area contributed by atoms with Gasteiger partial charge in [0.25, 0.3) is 10.0 Å². The smallest absolute Gasteiger partial charge is 0.264 e. The fraction of sp³-hybridized carbons (Fsp3) is 0.316. The van der Waals surface area contributed by atoms with Gasteiger partial charge in [0.15, 0.2) is 0 Å². The molecule has 0 aliphatic carbocycles. The van der Waals surface area contributed by atoms with Gasteiger partial charge in [-0.25, -0.2) is 8.42 Å². The first kappa shape index (κ1) is 18.4. The topological polar surface area (TPSA) is 78.5 Å². The van der Waals surface area contributed by atoms with Crippen molar-refractivity contribution in [3.05, 3.63) is 54.6 Å². The monoisotopic (exact) mass is 373 g/mol. The van der Waals surface area contributed by atoms with Crippen LogP contribution in [-0.4, -0.2) is 34.5 Å². The molecule has 2 aromatic rings. The molecule has 1 fully saturated rings. The molecule has 1 atom stereocenters. The zero-order valence-electron chi connectivity index (χ0n) is 14.8. The molecule has 7 heteroatoms. The summed E-state index contributed by atoms with van der Waals surface area (Å²) in [6.07, 6.45) is 0. The number of hydrogen-bond acceptors (Lipinski definition) is 4. The second-order valence-electron chi connectivity index (χ2n) is 6.53. The molecule has 138 valence electrons. The summed E-state index contributed by atoms with van der Waals surface area (Å²) in [6.45, 7) is 3.57. The molecule has 1 unspecified atom stereocenters. The van der Waals surface area contributed by atoms with Crippen LogP contribution < -0.4 is 14.9 Å². The minimum atomic E-state index is -3.71. The van der Waals surface area contributed by atoms with E-state index in [1.54, 1.807) is 36.4 Å². The van der Waals surface area contributed by atoms with E-state index < -0.39 is 10.0 Å². The molecule has 0 aromatic heterocycles. The van der Waals surface area contributed by atoms with E-state index in [1.807, 2.05) is 13.0 Å². The summed E-state index contributed by atoms with van der Waals surface area (Å²) >= 11 is 0. The van der Waals surface area contributed by atoms with Crippen LogP contribution in [0.2, 0.25) is 0 Å². The molecule has 0 spiro atoms. The van der Waals surface area contributed by atoms with Crippen LogP contribution in [-0.2, 0) is 14.8 Å². The van der Waals surface area contributed by atoms with Crippen molar-refractivity contribution in [1.29, 1.82) is 0 Å². The third-order valence-electron chi connectivity index (χ3n) is 4.81. The van der Waals surface area contributed by atoms with E-state index >= 15 is 0 Å². The molecular weight excluding hydrogens is 350 g/mol.